The van der Waals surface area contributed by atoms with Gasteiger partial charge >= 0.3 is 0 Å². The Hall–Kier alpha value is -1.79. The standard InChI is InChI=1S/C15H15ClN4OS/c1-2-20-14(12-4-3-5-13(16)8-12)18-19-15(20)22-7-6-11-9-17-21-10-11/h3-5,8-10H,2,6-7H2,1H3. The van der Waals surface area contributed by atoms with Gasteiger partial charge in [-0.3, -0.25) is 0 Å². The Labute approximate surface area is 137 Å². The summed E-state index contributed by atoms with van der Waals surface area (Å²) in [6, 6.07) is 7.67. The van der Waals surface area contributed by atoms with Crippen LogP contribution >= 0.6 is 23.4 Å². The van der Waals surface area contributed by atoms with Crippen molar-refractivity contribution in [1.82, 2.24) is 19.9 Å². The van der Waals surface area contributed by atoms with Crippen LogP contribution in [0.3, 0.4) is 0 Å². The molecule has 0 atom stereocenters. The molecule has 0 saturated carbocycles. The van der Waals surface area contributed by atoms with Crippen molar-refractivity contribution in [3.63, 3.8) is 0 Å². The second-order valence-electron chi connectivity index (χ2n) is 4.69. The molecule has 3 aromatic rings. The zero-order valence-electron chi connectivity index (χ0n) is 12.1. The Bertz CT molecular complexity index is 742. The van der Waals surface area contributed by atoms with Gasteiger partial charge in [0, 0.05) is 28.4 Å². The van der Waals surface area contributed by atoms with E-state index in [1.807, 2.05) is 24.3 Å². The molecule has 0 fully saturated rings. The van der Waals surface area contributed by atoms with Gasteiger partial charge in [0.2, 0.25) is 0 Å². The lowest BCUT2D eigenvalue weighted by Crippen LogP contribution is -2.00. The summed E-state index contributed by atoms with van der Waals surface area (Å²) in [5, 5.41) is 13.9. The van der Waals surface area contributed by atoms with E-state index < -0.39 is 0 Å². The van der Waals surface area contributed by atoms with E-state index in [-0.39, 0.29) is 0 Å². The minimum absolute atomic E-state index is 0.699. The lowest BCUT2D eigenvalue weighted by molar-refractivity contribution is 0.419. The smallest absolute Gasteiger partial charge is 0.191 e. The maximum absolute atomic E-state index is 6.06. The van der Waals surface area contributed by atoms with Gasteiger partial charge in [-0.2, -0.15) is 0 Å². The van der Waals surface area contributed by atoms with Crippen molar-refractivity contribution < 1.29 is 4.52 Å². The first-order valence-electron chi connectivity index (χ1n) is 6.98. The van der Waals surface area contributed by atoms with Gasteiger partial charge in [-0.15, -0.1) is 10.2 Å². The fourth-order valence-electron chi connectivity index (χ4n) is 2.13. The molecule has 22 heavy (non-hydrogen) atoms. The highest BCUT2D eigenvalue weighted by Gasteiger charge is 2.13. The van der Waals surface area contributed by atoms with Gasteiger partial charge < -0.3 is 9.09 Å². The first kappa shape index (κ1) is 15.1. The van der Waals surface area contributed by atoms with Crippen molar-refractivity contribution in [2.45, 2.75) is 25.0 Å². The summed E-state index contributed by atoms with van der Waals surface area (Å²) in [6.07, 6.45) is 4.29. The highest BCUT2D eigenvalue weighted by molar-refractivity contribution is 7.99. The van der Waals surface area contributed by atoms with Crippen LogP contribution in [0.25, 0.3) is 11.4 Å². The van der Waals surface area contributed by atoms with Crippen LogP contribution < -0.4 is 0 Å². The molecule has 0 N–H and O–H groups in total. The molecular formula is C15H15ClN4OS. The lowest BCUT2D eigenvalue weighted by Gasteiger charge is -2.07. The third-order valence-electron chi connectivity index (χ3n) is 3.22. The number of benzene rings is 1. The minimum atomic E-state index is 0.699. The van der Waals surface area contributed by atoms with Gasteiger partial charge in [-0.1, -0.05) is 40.7 Å². The molecule has 0 bridgehead atoms. The zero-order chi connectivity index (χ0) is 15.4. The number of aryl methyl sites for hydroxylation is 1. The predicted octanol–water partition coefficient (Wildman–Crippen LogP) is 3.94. The molecule has 0 saturated heterocycles. The Kier molecular flexibility index (Phi) is 4.80. The van der Waals surface area contributed by atoms with Crippen LogP contribution in [0.1, 0.15) is 12.5 Å². The molecule has 2 aromatic heterocycles. The first-order valence-corrected chi connectivity index (χ1v) is 8.34. The third kappa shape index (κ3) is 3.34. The number of hydrogen-bond donors (Lipinski definition) is 0. The molecule has 0 amide bonds. The van der Waals surface area contributed by atoms with E-state index in [9.17, 15) is 0 Å². The maximum Gasteiger partial charge on any atom is 0.191 e. The number of thioether (sulfide) groups is 1. The highest BCUT2D eigenvalue weighted by atomic mass is 35.5. The molecule has 3 rings (SSSR count). The van der Waals surface area contributed by atoms with Crippen LogP contribution in [0.15, 0.2) is 46.4 Å². The quantitative estimate of drug-likeness (QED) is 0.639. The third-order valence-corrected chi connectivity index (χ3v) is 4.42. The van der Waals surface area contributed by atoms with Gasteiger partial charge in [0.1, 0.15) is 6.26 Å². The highest BCUT2D eigenvalue weighted by Crippen LogP contribution is 2.26. The van der Waals surface area contributed by atoms with Crippen molar-refractivity contribution in [2.75, 3.05) is 5.75 Å². The van der Waals surface area contributed by atoms with Crippen LogP contribution in [0.4, 0.5) is 0 Å². The monoisotopic (exact) mass is 334 g/mol. The molecule has 7 heteroatoms. The number of hydrogen-bond acceptors (Lipinski definition) is 5. The molecule has 0 aliphatic rings. The summed E-state index contributed by atoms with van der Waals surface area (Å²) in [5.41, 5.74) is 2.07. The SMILES string of the molecule is CCn1c(SCCc2cnoc2)nnc1-c1cccc(Cl)c1. The first-order chi connectivity index (χ1) is 10.8. The average molecular weight is 335 g/mol. The fraction of sp³-hybridized carbons (Fsp3) is 0.267. The second kappa shape index (κ2) is 6.98. The molecule has 0 aliphatic carbocycles. The fourth-order valence-corrected chi connectivity index (χ4v) is 3.31. The van der Waals surface area contributed by atoms with Gasteiger partial charge in [0.15, 0.2) is 11.0 Å². The molecule has 0 unspecified atom stereocenters. The maximum atomic E-state index is 6.06. The Morgan fingerprint density at radius 1 is 1.32 bits per heavy atom. The summed E-state index contributed by atoms with van der Waals surface area (Å²) in [4.78, 5) is 0. The number of rotatable bonds is 6. The Morgan fingerprint density at radius 3 is 2.95 bits per heavy atom. The summed E-state index contributed by atoms with van der Waals surface area (Å²) in [5.74, 6) is 1.74. The van der Waals surface area contributed by atoms with E-state index in [4.69, 9.17) is 16.1 Å². The van der Waals surface area contributed by atoms with Crippen LogP contribution in [-0.2, 0) is 13.0 Å². The van der Waals surface area contributed by atoms with Gasteiger partial charge in [-0.05, 0) is 25.5 Å². The number of aromatic nitrogens is 4. The second-order valence-corrected chi connectivity index (χ2v) is 6.19. The van der Waals surface area contributed by atoms with Crippen molar-refractivity contribution in [1.29, 1.82) is 0 Å². The van der Waals surface area contributed by atoms with E-state index in [2.05, 4.69) is 26.8 Å². The van der Waals surface area contributed by atoms with E-state index in [0.29, 0.717) is 5.02 Å². The molecule has 0 radical (unpaired) electrons. The van der Waals surface area contributed by atoms with Crippen LogP contribution in [-0.4, -0.2) is 25.7 Å². The molecular weight excluding hydrogens is 320 g/mol. The largest absolute Gasteiger partial charge is 0.364 e. The van der Waals surface area contributed by atoms with Crippen molar-refractivity contribution in [3.8, 4) is 11.4 Å². The molecule has 114 valence electrons. The average Bonchev–Trinajstić information content (AvgIpc) is 3.16. The molecule has 2 heterocycles. The van der Waals surface area contributed by atoms with Crippen LogP contribution in [0.5, 0.6) is 0 Å². The van der Waals surface area contributed by atoms with Crippen LogP contribution in [0.2, 0.25) is 5.02 Å². The normalized spacial score (nSPS) is 11.0. The van der Waals surface area contributed by atoms with E-state index in [1.165, 1.54) is 0 Å². The van der Waals surface area contributed by atoms with Crippen molar-refractivity contribution in [3.05, 3.63) is 47.3 Å². The number of halogens is 1. The van der Waals surface area contributed by atoms with E-state index in [1.54, 1.807) is 24.2 Å². The van der Waals surface area contributed by atoms with Gasteiger partial charge in [0.05, 0.1) is 6.20 Å². The zero-order valence-corrected chi connectivity index (χ0v) is 13.6. The molecule has 0 spiro atoms. The predicted molar refractivity (Wildman–Crippen MR) is 87.1 cm³/mol. The summed E-state index contributed by atoms with van der Waals surface area (Å²) < 4.78 is 6.93. The van der Waals surface area contributed by atoms with E-state index in [0.717, 1.165) is 40.8 Å². The summed E-state index contributed by atoms with van der Waals surface area (Å²) in [6.45, 7) is 2.89. The summed E-state index contributed by atoms with van der Waals surface area (Å²) in [7, 11) is 0. The topological polar surface area (TPSA) is 56.7 Å². The van der Waals surface area contributed by atoms with Gasteiger partial charge in [-0.25, -0.2) is 0 Å². The Morgan fingerprint density at radius 2 is 2.23 bits per heavy atom. The molecule has 5 nitrogen and oxygen atoms in total. The lowest BCUT2D eigenvalue weighted by atomic mass is 10.2. The van der Waals surface area contributed by atoms with Crippen molar-refractivity contribution >= 4 is 23.4 Å². The van der Waals surface area contributed by atoms with Crippen molar-refractivity contribution in [2.24, 2.45) is 0 Å². The van der Waals surface area contributed by atoms with E-state index >= 15 is 0 Å². The molecule has 0 aliphatic heterocycles. The Balaban J connectivity index is 1.75. The minimum Gasteiger partial charge on any atom is -0.364 e. The molecule has 1 aromatic carbocycles. The summed E-state index contributed by atoms with van der Waals surface area (Å²) >= 11 is 7.74. The number of nitrogens with zero attached hydrogens (tertiary/aromatic N) is 4. The van der Waals surface area contributed by atoms with Crippen LogP contribution in [0, 0.1) is 0 Å². The van der Waals surface area contributed by atoms with Gasteiger partial charge in [0.25, 0.3) is 0 Å².